The molecule has 0 bridgehead atoms. The first-order chi connectivity index (χ1) is 40.0. The van der Waals surface area contributed by atoms with Crippen LogP contribution in [0, 0.1) is 0 Å². The quantitative estimate of drug-likeness (QED) is 0.0261. The van der Waals surface area contributed by atoms with Gasteiger partial charge in [-0.1, -0.05) is 288 Å². The maximum atomic E-state index is 12.9. The van der Waals surface area contributed by atoms with Gasteiger partial charge in [-0.3, -0.25) is 14.4 Å². The Balaban J connectivity index is 4.40. The van der Waals surface area contributed by atoms with Gasteiger partial charge in [-0.2, -0.15) is 0 Å². The van der Waals surface area contributed by atoms with Crippen molar-refractivity contribution in [3.63, 3.8) is 0 Å². The highest BCUT2D eigenvalue weighted by Crippen LogP contribution is 2.16. The highest BCUT2D eigenvalue weighted by atomic mass is 16.6. The lowest BCUT2D eigenvalue weighted by molar-refractivity contribution is -0.167. The zero-order valence-electron chi connectivity index (χ0n) is 52.2. The Hall–Kier alpha value is -4.97. The van der Waals surface area contributed by atoms with Gasteiger partial charge in [0.15, 0.2) is 6.10 Å². The Bertz CT molecular complexity index is 1810. The molecule has 0 aliphatic carbocycles. The predicted molar refractivity (Wildman–Crippen MR) is 352 cm³/mol. The van der Waals surface area contributed by atoms with E-state index in [1.807, 2.05) is 0 Å². The standard InChI is InChI=1S/C75H120O6/c1-4-7-10-13-16-19-22-25-27-29-30-31-32-33-34-35-36-37-38-39-40-41-42-43-44-46-47-50-53-56-59-62-65-68-74(77)80-71-72(70-79-73(76)67-64-61-58-55-52-49-24-21-18-15-12-9-6-3)81-75(78)69-66-63-60-57-54-51-48-45-28-26-23-20-17-14-11-8-5-2/h7,9-10,12,16,18-19,21,25,27,30-31,33-34,36-37,39-40,42-43,46-47,49,52-53,56,72H,4-6,8,11,13-15,17,20,22-24,26,28-29,32,35,38,41,44-45,48,50-51,54-55,57-71H2,1-3H3/b10-7-,12-9-,19-16-,21-18-,27-25-,31-30-,34-33-,37-36-,40-39-,43-42-,47-46-,52-49-,56-53-. The smallest absolute Gasteiger partial charge is 0.306 e. The topological polar surface area (TPSA) is 78.9 Å². The maximum absolute atomic E-state index is 12.9. The summed E-state index contributed by atoms with van der Waals surface area (Å²) in [4.78, 5) is 38.3. The molecule has 0 aromatic rings. The summed E-state index contributed by atoms with van der Waals surface area (Å²) in [6.45, 7) is 6.36. The fraction of sp³-hybridized carbons (Fsp3) is 0.613. The first-order valence-corrected chi connectivity index (χ1v) is 33.0. The van der Waals surface area contributed by atoms with Crippen LogP contribution < -0.4 is 0 Å². The molecule has 0 saturated heterocycles. The molecule has 1 atom stereocenters. The number of hydrogen-bond donors (Lipinski definition) is 0. The van der Waals surface area contributed by atoms with Gasteiger partial charge in [0.05, 0.1) is 0 Å². The van der Waals surface area contributed by atoms with Gasteiger partial charge in [-0.15, -0.1) is 0 Å². The zero-order chi connectivity index (χ0) is 58.5. The van der Waals surface area contributed by atoms with Crippen LogP contribution in [0.2, 0.25) is 0 Å². The van der Waals surface area contributed by atoms with Crippen molar-refractivity contribution in [2.45, 2.75) is 284 Å². The van der Waals surface area contributed by atoms with Crippen molar-refractivity contribution in [1.82, 2.24) is 0 Å². The van der Waals surface area contributed by atoms with Gasteiger partial charge < -0.3 is 14.2 Å². The summed E-state index contributed by atoms with van der Waals surface area (Å²) in [5.74, 6) is -0.981. The highest BCUT2D eigenvalue weighted by Gasteiger charge is 2.19. The lowest BCUT2D eigenvalue weighted by atomic mass is 10.0. The molecule has 6 nitrogen and oxygen atoms in total. The van der Waals surface area contributed by atoms with Crippen molar-refractivity contribution in [2.24, 2.45) is 0 Å². The summed E-state index contributed by atoms with van der Waals surface area (Å²) in [5.41, 5.74) is 0. The van der Waals surface area contributed by atoms with Gasteiger partial charge in [0.2, 0.25) is 0 Å². The van der Waals surface area contributed by atoms with Gasteiger partial charge in [0, 0.05) is 19.3 Å². The molecule has 6 heteroatoms. The molecule has 0 aliphatic rings. The molecular formula is C75H120O6. The van der Waals surface area contributed by atoms with E-state index in [2.05, 4.69) is 179 Å². The Morgan fingerprint density at radius 1 is 0.259 bits per heavy atom. The predicted octanol–water partition coefficient (Wildman–Crippen LogP) is 22.9. The van der Waals surface area contributed by atoms with Crippen LogP contribution in [0.15, 0.2) is 158 Å². The SMILES string of the molecule is CC/C=C\C/C=C\C/C=C\C/C=C\C/C=C\C/C=C\C/C=C\C/C=C\C/C=C\C/C=C\CCCCC(=O)OCC(COC(=O)CCCCC/C=C\C/C=C\C/C=C\CC)OC(=O)CCCCCCCCCCCCCCCCCCC. The molecule has 1 unspecified atom stereocenters. The van der Waals surface area contributed by atoms with Crippen molar-refractivity contribution in [3.8, 4) is 0 Å². The third-order valence-corrected chi connectivity index (χ3v) is 13.5. The number of allylic oxidation sites excluding steroid dienone is 26. The fourth-order valence-electron chi connectivity index (χ4n) is 8.66. The molecule has 0 aliphatic heterocycles. The molecular weight excluding hydrogens is 997 g/mol. The van der Waals surface area contributed by atoms with E-state index in [0.717, 1.165) is 141 Å². The Labute approximate surface area is 499 Å². The molecule has 0 aromatic heterocycles. The minimum atomic E-state index is -0.814. The van der Waals surface area contributed by atoms with Gasteiger partial charge in [0.25, 0.3) is 0 Å². The normalized spacial score (nSPS) is 13.2. The van der Waals surface area contributed by atoms with Crippen LogP contribution in [0.3, 0.4) is 0 Å². The van der Waals surface area contributed by atoms with Crippen LogP contribution in [-0.2, 0) is 28.6 Å². The molecule has 0 N–H and O–H groups in total. The Morgan fingerprint density at radius 2 is 0.481 bits per heavy atom. The highest BCUT2D eigenvalue weighted by molar-refractivity contribution is 5.71. The van der Waals surface area contributed by atoms with Crippen molar-refractivity contribution in [1.29, 1.82) is 0 Å². The number of carbonyl (C=O) groups is 3. The summed E-state index contributed by atoms with van der Waals surface area (Å²) in [6, 6.07) is 0. The van der Waals surface area contributed by atoms with Gasteiger partial charge in [-0.25, -0.2) is 0 Å². The average Bonchev–Trinajstić information content (AvgIpc) is 3.46. The summed E-state index contributed by atoms with van der Waals surface area (Å²) >= 11 is 0. The first-order valence-electron chi connectivity index (χ1n) is 33.0. The van der Waals surface area contributed by atoms with Crippen LogP contribution in [-0.4, -0.2) is 37.2 Å². The van der Waals surface area contributed by atoms with Gasteiger partial charge >= 0.3 is 17.9 Å². The molecule has 0 amide bonds. The van der Waals surface area contributed by atoms with E-state index in [1.54, 1.807) is 0 Å². The van der Waals surface area contributed by atoms with E-state index in [-0.39, 0.29) is 31.1 Å². The molecule has 0 radical (unpaired) electrons. The van der Waals surface area contributed by atoms with E-state index in [4.69, 9.17) is 14.2 Å². The average molecular weight is 1120 g/mol. The van der Waals surface area contributed by atoms with Crippen LogP contribution in [0.25, 0.3) is 0 Å². The summed E-state index contributed by atoms with van der Waals surface area (Å²) in [7, 11) is 0. The minimum absolute atomic E-state index is 0.111. The molecule has 81 heavy (non-hydrogen) atoms. The number of unbranched alkanes of at least 4 members (excludes halogenated alkanes) is 21. The van der Waals surface area contributed by atoms with Crippen molar-refractivity contribution >= 4 is 17.9 Å². The molecule has 0 heterocycles. The van der Waals surface area contributed by atoms with Gasteiger partial charge in [0.1, 0.15) is 13.2 Å². The molecule has 0 saturated carbocycles. The van der Waals surface area contributed by atoms with E-state index >= 15 is 0 Å². The third kappa shape index (κ3) is 65.7. The van der Waals surface area contributed by atoms with Crippen LogP contribution in [0.5, 0.6) is 0 Å². The monoisotopic (exact) mass is 1120 g/mol. The lowest BCUT2D eigenvalue weighted by Crippen LogP contribution is -2.30. The number of hydrogen-bond acceptors (Lipinski definition) is 6. The zero-order valence-corrected chi connectivity index (χ0v) is 52.2. The summed E-state index contributed by atoms with van der Waals surface area (Å²) in [5, 5.41) is 0. The molecule has 0 rings (SSSR count). The Kier molecular flexibility index (Phi) is 63.4. The number of rotatable bonds is 58. The van der Waals surface area contributed by atoms with E-state index in [0.29, 0.717) is 25.7 Å². The molecule has 0 spiro atoms. The second-order valence-electron chi connectivity index (χ2n) is 21.3. The lowest BCUT2D eigenvalue weighted by Gasteiger charge is -2.18. The molecule has 0 aromatic carbocycles. The van der Waals surface area contributed by atoms with Gasteiger partial charge in [-0.05, 0) is 128 Å². The minimum Gasteiger partial charge on any atom is -0.462 e. The number of carbonyl (C=O) groups excluding carboxylic acids is 3. The molecule has 0 fully saturated rings. The second-order valence-corrected chi connectivity index (χ2v) is 21.3. The summed E-state index contributed by atoms with van der Waals surface area (Å²) < 4.78 is 16.8. The van der Waals surface area contributed by atoms with Crippen molar-refractivity contribution in [2.75, 3.05) is 13.2 Å². The Morgan fingerprint density at radius 3 is 0.778 bits per heavy atom. The summed E-state index contributed by atoms with van der Waals surface area (Å²) in [6.07, 6.45) is 98.3. The third-order valence-electron chi connectivity index (χ3n) is 13.5. The second kappa shape index (κ2) is 67.5. The number of ether oxygens (including phenoxy) is 3. The van der Waals surface area contributed by atoms with Crippen molar-refractivity contribution in [3.05, 3.63) is 158 Å². The van der Waals surface area contributed by atoms with Crippen molar-refractivity contribution < 1.29 is 28.6 Å². The van der Waals surface area contributed by atoms with Crippen LogP contribution >= 0.6 is 0 Å². The number of esters is 3. The van der Waals surface area contributed by atoms with E-state index < -0.39 is 6.10 Å². The van der Waals surface area contributed by atoms with E-state index in [1.165, 1.54) is 89.9 Å². The van der Waals surface area contributed by atoms with E-state index in [9.17, 15) is 14.4 Å². The fourth-order valence-corrected chi connectivity index (χ4v) is 8.66. The first kappa shape index (κ1) is 76.0. The van der Waals surface area contributed by atoms with Crippen LogP contribution in [0.1, 0.15) is 278 Å². The largest absolute Gasteiger partial charge is 0.462 e. The van der Waals surface area contributed by atoms with Crippen LogP contribution in [0.4, 0.5) is 0 Å². The maximum Gasteiger partial charge on any atom is 0.306 e. The molecule has 456 valence electrons.